The first-order chi connectivity index (χ1) is 15.9. The summed E-state index contributed by atoms with van der Waals surface area (Å²) in [6.07, 6.45) is 1.94. The summed E-state index contributed by atoms with van der Waals surface area (Å²) in [6, 6.07) is 22.1. The summed E-state index contributed by atoms with van der Waals surface area (Å²) >= 11 is 0. The van der Waals surface area contributed by atoms with Crippen LogP contribution in [0, 0.1) is 55.4 Å². The van der Waals surface area contributed by atoms with Crippen molar-refractivity contribution in [3.05, 3.63) is 98.8 Å². The molecule has 2 aromatic carbocycles. The van der Waals surface area contributed by atoms with E-state index in [1.54, 1.807) is 12.1 Å². The highest BCUT2D eigenvalue weighted by atomic mass is 16.6. The van der Waals surface area contributed by atoms with Gasteiger partial charge in [-0.2, -0.15) is 15.8 Å². The largest absolute Gasteiger partial charge is 0.399 e. The summed E-state index contributed by atoms with van der Waals surface area (Å²) in [5.74, 6) is -1.04. The first-order valence-electron chi connectivity index (χ1n) is 10.4. The number of nitriles is 3. The normalized spacial score (nSPS) is 21.7. The second kappa shape index (κ2) is 8.59. The third-order valence-electron chi connectivity index (χ3n) is 6.45. The number of hydrogen-bond acceptors (Lipinski definition) is 7. The van der Waals surface area contributed by atoms with E-state index in [1.807, 2.05) is 36.4 Å². The summed E-state index contributed by atoms with van der Waals surface area (Å²) < 4.78 is 0. The van der Waals surface area contributed by atoms with Gasteiger partial charge >= 0.3 is 0 Å². The molecule has 0 bridgehead atoms. The van der Waals surface area contributed by atoms with Crippen molar-refractivity contribution in [2.24, 2.45) is 17.1 Å². The SMILES string of the molecule is N#CC1=C(N)C(C#N)(C#N)[C@@H](c2ccc([N+](=O)[O-])cc2)[C@H]2CN(Cc3ccccc3)CC=C12. The molecule has 0 unspecified atom stereocenters. The predicted octanol–water partition coefficient (Wildman–Crippen LogP) is 3.52. The third kappa shape index (κ3) is 3.61. The maximum Gasteiger partial charge on any atom is 0.269 e. The van der Waals surface area contributed by atoms with E-state index in [2.05, 4.69) is 23.1 Å². The fourth-order valence-electron chi connectivity index (χ4n) is 4.89. The van der Waals surface area contributed by atoms with E-state index in [4.69, 9.17) is 5.73 Å². The molecule has 2 aromatic rings. The molecule has 0 spiro atoms. The number of non-ortho nitro benzene ring substituents is 1. The number of nitrogens with zero attached hydrogens (tertiary/aromatic N) is 5. The molecule has 1 aliphatic heterocycles. The van der Waals surface area contributed by atoms with E-state index >= 15 is 0 Å². The lowest BCUT2D eigenvalue weighted by Gasteiger charge is -2.45. The van der Waals surface area contributed by atoms with Crippen LogP contribution in [-0.2, 0) is 6.54 Å². The van der Waals surface area contributed by atoms with Gasteiger partial charge in [0.25, 0.3) is 5.69 Å². The van der Waals surface area contributed by atoms with E-state index < -0.39 is 16.3 Å². The molecule has 8 heteroatoms. The Bertz CT molecular complexity index is 1260. The van der Waals surface area contributed by atoms with Gasteiger partial charge in [-0.3, -0.25) is 15.0 Å². The standard InChI is InChI=1S/C25H20N6O2/c26-12-21-20-10-11-30(13-17-4-2-1-3-5-17)14-22(20)23(25(15-27,16-28)24(21)29)18-6-8-19(9-7-18)31(32)33/h1-10,22-23H,11,13-14,29H2/t22-,23-/m0/s1. The molecule has 162 valence electrons. The van der Waals surface area contributed by atoms with Crippen LogP contribution < -0.4 is 5.73 Å². The zero-order valence-corrected chi connectivity index (χ0v) is 17.7. The minimum Gasteiger partial charge on any atom is -0.399 e. The Labute approximate surface area is 191 Å². The van der Waals surface area contributed by atoms with Crippen LogP contribution in [0.25, 0.3) is 0 Å². The maximum atomic E-state index is 11.1. The van der Waals surface area contributed by atoms with E-state index in [0.29, 0.717) is 25.2 Å². The zero-order valence-electron chi connectivity index (χ0n) is 17.7. The molecule has 1 aliphatic carbocycles. The number of nitro groups is 1. The molecule has 2 atom stereocenters. The Balaban J connectivity index is 1.84. The summed E-state index contributed by atoms with van der Waals surface area (Å²) in [4.78, 5) is 12.8. The van der Waals surface area contributed by atoms with Crippen molar-refractivity contribution >= 4 is 5.69 Å². The summed E-state index contributed by atoms with van der Waals surface area (Å²) in [5.41, 5.74) is 7.03. The molecule has 0 saturated carbocycles. The topological polar surface area (TPSA) is 144 Å². The number of benzene rings is 2. The second-order valence-corrected chi connectivity index (χ2v) is 8.20. The van der Waals surface area contributed by atoms with Gasteiger partial charge in [0, 0.05) is 43.6 Å². The third-order valence-corrected chi connectivity index (χ3v) is 6.45. The Hall–Kier alpha value is -4.45. The fourth-order valence-corrected chi connectivity index (χ4v) is 4.89. The first-order valence-corrected chi connectivity index (χ1v) is 10.4. The number of hydrogen-bond donors (Lipinski definition) is 1. The number of nitro benzene ring substituents is 1. The number of rotatable bonds is 4. The van der Waals surface area contributed by atoms with Crippen LogP contribution in [0.1, 0.15) is 17.0 Å². The van der Waals surface area contributed by atoms with Crippen molar-refractivity contribution in [1.82, 2.24) is 4.90 Å². The van der Waals surface area contributed by atoms with Crippen molar-refractivity contribution in [2.45, 2.75) is 12.5 Å². The molecular formula is C25H20N6O2. The Morgan fingerprint density at radius 3 is 2.33 bits per heavy atom. The van der Waals surface area contributed by atoms with Crippen molar-refractivity contribution in [2.75, 3.05) is 13.1 Å². The van der Waals surface area contributed by atoms with Crippen LogP contribution in [0.15, 0.2) is 77.5 Å². The minimum atomic E-state index is -1.76. The lowest BCUT2D eigenvalue weighted by atomic mass is 9.58. The average molecular weight is 436 g/mol. The molecule has 0 saturated heterocycles. The molecule has 8 nitrogen and oxygen atoms in total. The van der Waals surface area contributed by atoms with Crippen molar-refractivity contribution in [1.29, 1.82) is 15.8 Å². The lowest BCUT2D eigenvalue weighted by molar-refractivity contribution is -0.384. The molecule has 1 heterocycles. The predicted molar refractivity (Wildman–Crippen MR) is 120 cm³/mol. The van der Waals surface area contributed by atoms with Crippen LogP contribution in [0.5, 0.6) is 0 Å². The van der Waals surface area contributed by atoms with Gasteiger partial charge in [-0.15, -0.1) is 0 Å². The van der Waals surface area contributed by atoms with Gasteiger partial charge in [0.1, 0.15) is 6.07 Å². The molecule has 2 aliphatic rings. The number of nitrogens with two attached hydrogens (primary N) is 1. The van der Waals surface area contributed by atoms with Gasteiger partial charge in [-0.1, -0.05) is 48.5 Å². The van der Waals surface area contributed by atoms with Crippen LogP contribution in [-0.4, -0.2) is 22.9 Å². The van der Waals surface area contributed by atoms with Gasteiger partial charge in [0.05, 0.1) is 28.3 Å². The van der Waals surface area contributed by atoms with Crippen molar-refractivity contribution in [3.8, 4) is 18.2 Å². The van der Waals surface area contributed by atoms with Gasteiger partial charge in [0.2, 0.25) is 0 Å². The van der Waals surface area contributed by atoms with Crippen molar-refractivity contribution < 1.29 is 4.92 Å². The Morgan fingerprint density at radius 1 is 1.09 bits per heavy atom. The first kappa shape index (κ1) is 21.8. The smallest absolute Gasteiger partial charge is 0.269 e. The highest BCUT2D eigenvalue weighted by Gasteiger charge is 2.54. The molecular weight excluding hydrogens is 416 g/mol. The maximum absolute atomic E-state index is 11.1. The van der Waals surface area contributed by atoms with E-state index in [1.165, 1.54) is 12.1 Å². The molecule has 2 N–H and O–H groups in total. The summed E-state index contributed by atoms with van der Waals surface area (Å²) in [7, 11) is 0. The van der Waals surface area contributed by atoms with Gasteiger partial charge in [-0.25, -0.2) is 0 Å². The fraction of sp³-hybridized carbons (Fsp3) is 0.240. The molecule has 0 radical (unpaired) electrons. The highest BCUT2D eigenvalue weighted by Crippen LogP contribution is 2.54. The number of allylic oxidation sites excluding steroid dienone is 2. The molecule has 0 fully saturated rings. The quantitative estimate of drug-likeness (QED) is 0.570. The average Bonchev–Trinajstić information content (AvgIpc) is 2.84. The van der Waals surface area contributed by atoms with Crippen LogP contribution in [0.3, 0.4) is 0 Å². The molecule has 0 aromatic heterocycles. The molecule has 4 rings (SSSR count). The van der Waals surface area contributed by atoms with Crippen LogP contribution in [0.2, 0.25) is 0 Å². The number of fused-ring (bicyclic) bond motifs is 1. The van der Waals surface area contributed by atoms with Gasteiger partial charge in [-0.05, 0) is 16.7 Å². The van der Waals surface area contributed by atoms with E-state index in [0.717, 1.165) is 11.1 Å². The van der Waals surface area contributed by atoms with Crippen molar-refractivity contribution in [3.63, 3.8) is 0 Å². The zero-order chi connectivity index (χ0) is 23.6. The second-order valence-electron chi connectivity index (χ2n) is 8.20. The van der Waals surface area contributed by atoms with E-state index in [9.17, 15) is 25.9 Å². The molecule has 0 amide bonds. The molecule has 33 heavy (non-hydrogen) atoms. The Morgan fingerprint density at radius 2 is 1.76 bits per heavy atom. The van der Waals surface area contributed by atoms with Gasteiger partial charge < -0.3 is 5.73 Å². The van der Waals surface area contributed by atoms with E-state index in [-0.39, 0.29) is 22.9 Å². The lowest BCUT2D eigenvalue weighted by Crippen LogP contribution is -2.47. The van der Waals surface area contributed by atoms with Gasteiger partial charge in [0.15, 0.2) is 5.41 Å². The summed E-state index contributed by atoms with van der Waals surface area (Å²) in [5, 5.41) is 41.3. The monoisotopic (exact) mass is 436 g/mol. The Kier molecular flexibility index (Phi) is 5.67. The van der Waals surface area contributed by atoms with Crippen LogP contribution >= 0.6 is 0 Å². The minimum absolute atomic E-state index is 0.0580. The van der Waals surface area contributed by atoms with Crippen LogP contribution in [0.4, 0.5) is 5.69 Å². The summed E-state index contributed by atoms with van der Waals surface area (Å²) in [6.45, 7) is 1.77. The highest BCUT2D eigenvalue weighted by molar-refractivity contribution is 5.59.